The van der Waals surface area contributed by atoms with Gasteiger partial charge in [-0.2, -0.15) is 0 Å². The number of aliphatic hydroxyl groups excluding tert-OH is 2. The topological polar surface area (TPSA) is 132 Å². The zero-order chi connectivity index (χ0) is 41.8. The van der Waals surface area contributed by atoms with Crippen molar-refractivity contribution in [2.75, 3.05) is 33.0 Å². The highest BCUT2D eigenvalue weighted by Gasteiger charge is 2.26. The van der Waals surface area contributed by atoms with Crippen LogP contribution in [0.3, 0.4) is 0 Å². The quantitative estimate of drug-likeness (QED) is 0.0311. The van der Waals surface area contributed by atoms with Crippen LogP contribution < -0.4 is 0 Å². The van der Waals surface area contributed by atoms with Crippen LogP contribution in [0.5, 0.6) is 0 Å². The SMILES string of the molecule is CCCCCCCCCCCCCCCCCCCCCCOCC(COP(=O)(O)OCC(O)CO)OC(=O)CCCCCCCCCCCCCCCCCC. The minimum Gasteiger partial charge on any atom is -0.457 e. The van der Waals surface area contributed by atoms with E-state index < -0.39 is 33.2 Å². The first-order valence-corrected chi connectivity index (χ1v) is 26.0. The van der Waals surface area contributed by atoms with Crippen molar-refractivity contribution >= 4 is 13.8 Å². The number of carbonyl (C=O) groups is 1. The van der Waals surface area contributed by atoms with E-state index in [0.29, 0.717) is 6.61 Å². The summed E-state index contributed by atoms with van der Waals surface area (Å²) in [7, 11) is -4.51. The van der Waals surface area contributed by atoms with Crippen molar-refractivity contribution in [2.45, 2.75) is 264 Å². The highest BCUT2D eigenvalue weighted by Crippen LogP contribution is 2.43. The van der Waals surface area contributed by atoms with E-state index in [9.17, 15) is 19.4 Å². The average molecular weight is 835 g/mol. The van der Waals surface area contributed by atoms with Crippen molar-refractivity contribution < 1.29 is 43.0 Å². The van der Waals surface area contributed by atoms with Crippen molar-refractivity contribution in [3.63, 3.8) is 0 Å². The summed E-state index contributed by atoms with van der Waals surface area (Å²) in [5.41, 5.74) is 0. The van der Waals surface area contributed by atoms with Gasteiger partial charge in [0.25, 0.3) is 0 Å². The number of ether oxygens (including phenoxy) is 2. The molecule has 0 saturated heterocycles. The minimum atomic E-state index is -4.51. The summed E-state index contributed by atoms with van der Waals surface area (Å²) in [6, 6.07) is 0. The predicted molar refractivity (Wildman–Crippen MR) is 238 cm³/mol. The van der Waals surface area contributed by atoms with Crippen LogP contribution in [0.2, 0.25) is 0 Å². The first-order chi connectivity index (χ1) is 27.8. The molecule has 3 atom stereocenters. The summed E-state index contributed by atoms with van der Waals surface area (Å²) in [6.07, 6.45) is 44.9. The maximum absolute atomic E-state index is 12.6. The van der Waals surface area contributed by atoms with E-state index in [2.05, 4.69) is 13.8 Å². The van der Waals surface area contributed by atoms with Gasteiger partial charge in [-0.05, 0) is 12.8 Å². The number of aliphatic hydroxyl groups is 2. The number of unbranched alkanes of at least 4 members (excludes halogenated alkanes) is 34. The number of hydrogen-bond donors (Lipinski definition) is 3. The monoisotopic (exact) mass is 835 g/mol. The summed E-state index contributed by atoms with van der Waals surface area (Å²) in [5, 5.41) is 18.4. The van der Waals surface area contributed by atoms with Crippen molar-refractivity contribution in [1.82, 2.24) is 0 Å². The van der Waals surface area contributed by atoms with Gasteiger partial charge in [-0.1, -0.05) is 232 Å². The second-order valence-corrected chi connectivity index (χ2v) is 18.3. The van der Waals surface area contributed by atoms with Gasteiger partial charge in [0.05, 0.1) is 26.4 Å². The van der Waals surface area contributed by atoms with Crippen LogP contribution in [0.25, 0.3) is 0 Å². The number of hydrogen-bond acceptors (Lipinski definition) is 8. The summed E-state index contributed by atoms with van der Waals surface area (Å²) < 4.78 is 33.5. The Morgan fingerprint density at radius 2 is 0.789 bits per heavy atom. The molecule has 0 aromatic heterocycles. The van der Waals surface area contributed by atoms with Crippen molar-refractivity contribution in [3.05, 3.63) is 0 Å². The van der Waals surface area contributed by atoms with E-state index >= 15 is 0 Å². The number of carbonyl (C=O) groups excluding carboxylic acids is 1. The Morgan fingerprint density at radius 3 is 1.14 bits per heavy atom. The second kappa shape index (κ2) is 45.0. The van der Waals surface area contributed by atoms with Crippen LogP contribution in [0, 0.1) is 0 Å². The van der Waals surface area contributed by atoms with Crippen LogP contribution >= 0.6 is 7.82 Å². The van der Waals surface area contributed by atoms with Crippen LogP contribution in [0.1, 0.15) is 251 Å². The maximum atomic E-state index is 12.6. The Labute approximate surface area is 352 Å². The molecule has 0 heterocycles. The van der Waals surface area contributed by atoms with Gasteiger partial charge in [-0.15, -0.1) is 0 Å². The fraction of sp³-hybridized carbons (Fsp3) is 0.979. The molecule has 0 amide bonds. The van der Waals surface area contributed by atoms with E-state index in [4.69, 9.17) is 23.6 Å². The fourth-order valence-electron chi connectivity index (χ4n) is 7.30. The Morgan fingerprint density at radius 1 is 0.474 bits per heavy atom. The van der Waals surface area contributed by atoms with Gasteiger partial charge in [-0.3, -0.25) is 13.8 Å². The Balaban J connectivity index is 4.03. The number of phosphoric acid groups is 1. The molecule has 342 valence electrons. The van der Waals surface area contributed by atoms with Gasteiger partial charge in [0.15, 0.2) is 0 Å². The number of esters is 1. The zero-order valence-corrected chi connectivity index (χ0v) is 38.5. The second-order valence-electron chi connectivity index (χ2n) is 16.9. The average Bonchev–Trinajstić information content (AvgIpc) is 3.20. The van der Waals surface area contributed by atoms with Crippen LogP contribution in [0.15, 0.2) is 0 Å². The molecule has 57 heavy (non-hydrogen) atoms. The predicted octanol–water partition coefficient (Wildman–Crippen LogP) is 13.9. The minimum absolute atomic E-state index is 0.0586. The lowest BCUT2D eigenvalue weighted by molar-refractivity contribution is -0.154. The summed E-state index contributed by atoms with van der Waals surface area (Å²) >= 11 is 0. The third kappa shape index (κ3) is 44.8. The highest BCUT2D eigenvalue weighted by molar-refractivity contribution is 7.47. The molecule has 10 heteroatoms. The molecule has 0 radical (unpaired) electrons. The summed E-state index contributed by atoms with van der Waals surface area (Å²) in [4.78, 5) is 22.6. The molecule has 3 unspecified atom stereocenters. The summed E-state index contributed by atoms with van der Waals surface area (Å²) in [6.45, 7) is 3.60. The van der Waals surface area contributed by atoms with Gasteiger partial charge in [0.1, 0.15) is 12.2 Å². The molecule has 0 rings (SSSR count). The highest BCUT2D eigenvalue weighted by atomic mass is 31.2. The molecule has 0 aromatic rings. The molecule has 0 fully saturated rings. The van der Waals surface area contributed by atoms with Gasteiger partial charge in [0.2, 0.25) is 0 Å². The zero-order valence-electron chi connectivity index (χ0n) is 37.6. The molecular formula is C47H95O9P. The normalized spacial score (nSPS) is 13.8. The molecule has 0 aromatic carbocycles. The van der Waals surface area contributed by atoms with Crippen molar-refractivity contribution in [2.24, 2.45) is 0 Å². The van der Waals surface area contributed by atoms with Gasteiger partial charge in [0, 0.05) is 13.0 Å². The smallest absolute Gasteiger partial charge is 0.457 e. The van der Waals surface area contributed by atoms with Crippen molar-refractivity contribution in [3.8, 4) is 0 Å². The molecule has 0 aliphatic rings. The van der Waals surface area contributed by atoms with Crippen molar-refractivity contribution in [1.29, 1.82) is 0 Å². The summed E-state index contributed by atoms with van der Waals surface area (Å²) in [5.74, 6) is -0.374. The molecule has 0 aliphatic heterocycles. The third-order valence-electron chi connectivity index (χ3n) is 11.0. The molecule has 9 nitrogen and oxygen atoms in total. The molecule has 0 spiro atoms. The van der Waals surface area contributed by atoms with E-state index in [-0.39, 0.29) is 25.6 Å². The largest absolute Gasteiger partial charge is 0.472 e. The van der Waals surface area contributed by atoms with Crippen LogP contribution in [-0.4, -0.2) is 66.3 Å². The van der Waals surface area contributed by atoms with Gasteiger partial charge in [-0.25, -0.2) is 4.57 Å². The fourth-order valence-corrected chi connectivity index (χ4v) is 8.09. The molecule has 0 bridgehead atoms. The first kappa shape index (κ1) is 56.5. The van der Waals surface area contributed by atoms with E-state index in [1.54, 1.807) is 0 Å². The Bertz CT molecular complexity index is 861. The molecule has 3 N–H and O–H groups in total. The van der Waals surface area contributed by atoms with Gasteiger partial charge < -0.3 is 24.6 Å². The van der Waals surface area contributed by atoms with Gasteiger partial charge >= 0.3 is 13.8 Å². The lowest BCUT2D eigenvalue weighted by Gasteiger charge is -2.20. The molecular weight excluding hydrogens is 739 g/mol. The molecule has 0 saturated carbocycles. The standard InChI is InChI=1S/C47H95O9P/c1-3-5-7-9-11-13-15-17-19-21-22-23-24-26-28-30-32-34-36-38-40-53-43-46(44-55-57(51,52)54-42-45(49)41-48)56-47(50)39-37-35-33-31-29-27-25-20-18-16-14-12-10-8-6-4-2/h45-46,48-49H,3-44H2,1-2H3,(H,51,52). The molecule has 0 aliphatic carbocycles. The van der Waals surface area contributed by atoms with E-state index in [1.165, 1.54) is 199 Å². The van der Waals surface area contributed by atoms with Crippen LogP contribution in [0.4, 0.5) is 0 Å². The Kier molecular flexibility index (Phi) is 44.6. The van der Waals surface area contributed by atoms with E-state index in [0.717, 1.165) is 32.1 Å². The maximum Gasteiger partial charge on any atom is 0.472 e. The lowest BCUT2D eigenvalue weighted by atomic mass is 10.0. The van der Waals surface area contributed by atoms with Crippen LogP contribution in [-0.2, 0) is 27.9 Å². The Hall–Kier alpha value is -0.540. The number of phosphoric ester groups is 1. The third-order valence-corrected chi connectivity index (χ3v) is 12.0. The van der Waals surface area contributed by atoms with E-state index in [1.807, 2.05) is 0 Å². The first-order valence-electron chi connectivity index (χ1n) is 24.5. The number of rotatable bonds is 48. The lowest BCUT2D eigenvalue weighted by Crippen LogP contribution is -2.29.